The van der Waals surface area contributed by atoms with Crippen LogP contribution in [0.25, 0.3) is 11.0 Å². The van der Waals surface area contributed by atoms with E-state index in [9.17, 15) is 35.5 Å². The summed E-state index contributed by atoms with van der Waals surface area (Å²) in [5.41, 5.74) is 1.59. The number of rotatable bonds is 7. The fraction of sp³-hybridized carbons (Fsp3) is 0.222. The van der Waals surface area contributed by atoms with Crippen LogP contribution in [0.15, 0.2) is 58.6 Å². The molecular weight excluding hydrogens is 537 g/mol. The standard InChI is InChI=1S/C18H11F7N2OS2.BrH/c19-16(20,17(21,22)23)18(24,25)30-11-7-5-10(6-8-11)14(28)9-29-15-26-12-3-1-2-4-13(12)27-15;/h1-8H,9H2,(H,26,27);1H. The molecule has 0 fully saturated rings. The highest BCUT2D eigenvalue weighted by Gasteiger charge is 2.73. The summed E-state index contributed by atoms with van der Waals surface area (Å²) in [6, 6.07) is 11.2. The van der Waals surface area contributed by atoms with E-state index in [0.717, 1.165) is 41.5 Å². The van der Waals surface area contributed by atoms with Crippen molar-refractivity contribution in [2.75, 3.05) is 5.75 Å². The molecule has 0 saturated carbocycles. The lowest BCUT2D eigenvalue weighted by Gasteiger charge is -2.27. The van der Waals surface area contributed by atoms with Crippen molar-refractivity contribution < 1.29 is 35.5 Å². The summed E-state index contributed by atoms with van der Waals surface area (Å²) in [5.74, 6) is -6.65. The van der Waals surface area contributed by atoms with Crippen molar-refractivity contribution in [3.63, 3.8) is 0 Å². The monoisotopic (exact) mass is 548 g/mol. The predicted octanol–water partition coefficient (Wildman–Crippen LogP) is 7.00. The number of benzene rings is 2. The van der Waals surface area contributed by atoms with Crippen molar-refractivity contribution in [2.24, 2.45) is 0 Å². The summed E-state index contributed by atoms with van der Waals surface area (Å²) < 4.78 is 89.4. The van der Waals surface area contributed by atoms with Gasteiger partial charge in [0.2, 0.25) is 0 Å². The van der Waals surface area contributed by atoms with Gasteiger partial charge in [-0.2, -0.15) is 30.7 Å². The number of para-hydroxylation sites is 2. The Balaban J connectivity index is 0.00000341. The van der Waals surface area contributed by atoms with Crippen molar-refractivity contribution in [1.82, 2.24) is 9.97 Å². The molecule has 2 aromatic carbocycles. The molecule has 3 nitrogen and oxygen atoms in total. The third-order valence-electron chi connectivity index (χ3n) is 3.85. The smallest absolute Gasteiger partial charge is 0.333 e. The fourth-order valence-corrected chi connectivity index (χ4v) is 3.89. The molecule has 0 aliphatic carbocycles. The second-order valence-electron chi connectivity index (χ2n) is 5.99. The van der Waals surface area contributed by atoms with Gasteiger partial charge in [0.1, 0.15) is 0 Å². The lowest BCUT2D eigenvalue weighted by atomic mass is 10.1. The number of hydrogen-bond donors (Lipinski definition) is 1. The Bertz CT molecular complexity index is 1020. The number of hydrogen-bond acceptors (Lipinski definition) is 4. The third-order valence-corrected chi connectivity index (χ3v) is 5.75. The minimum Gasteiger partial charge on any atom is -0.333 e. The Morgan fingerprint density at radius 3 is 2.13 bits per heavy atom. The highest BCUT2D eigenvalue weighted by atomic mass is 79.9. The Morgan fingerprint density at radius 1 is 0.935 bits per heavy atom. The molecule has 0 aliphatic rings. The molecule has 0 atom stereocenters. The molecule has 0 spiro atoms. The first kappa shape index (κ1) is 25.5. The first-order valence-electron chi connectivity index (χ1n) is 8.13. The van der Waals surface area contributed by atoms with Gasteiger partial charge in [0.25, 0.3) is 0 Å². The average molecular weight is 549 g/mol. The number of carbonyl (C=O) groups is 1. The van der Waals surface area contributed by atoms with E-state index < -0.39 is 39.8 Å². The number of aromatic nitrogens is 2. The third kappa shape index (κ3) is 5.55. The minimum atomic E-state index is -6.40. The SMILES string of the molecule is Br.O=C(CSc1nc2ccccc2[nH]1)c1ccc(SC(F)(F)C(F)(F)C(F)(F)F)cc1. The number of ketones is 1. The first-order chi connectivity index (χ1) is 13.9. The predicted molar refractivity (Wildman–Crippen MR) is 110 cm³/mol. The summed E-state index contributed by atoms with van der Waals surface area (Å²) in [7, 11) is 0. The van der Waals surface area contributed by atoms with Gasteiger partial charge in [0.05, 0.1) is 16.8 Å². The van der Waals surface area contributed by atoms with E-state index >= 15 is 0 Å². The van der Waals surface area contributed by atoms with Crippen molar-refractivity contribution >= 4 is 57.3 Å². The number of H-pyrrole nitrogens is 1. The number of thioether (sulfide) groups is 2. The van der Waals surface area contributed by atoms with E-state index in [4.69, 9.17) is 0 Å². The maximum atomic E-state index is 13.5. The largest absolute Gasteiger partial charge is 0.460 e. The molecule has 31 heavy (non-hydrogen) atoms. The van der Waals surface area contributed by atoms with Crippen LogP contribution in [0, 0.1) is 0 Å². The van der Waals surface area contributed by atoms with Gasteiger partial charge in [-0.15, -0.1) is 17.0 Å². The number of nitrogens with zero attached hydrogens (tertiary/aromatic N) is 1. The molecule has 3 rings (SSSR count). The number of Topliss-reactive ketones (excluding diaryl/α,β-unsaturated/α-hetero) is 1. The molecule has 1 aromatic heterocycles. The maximum Gasteiger partial charge on any atom is 0.460 e. The van der Waals surface area contributed by atoms with Gasteiger partial charge in [-0.1, -0.05) is 36.0 Å². The maximum absolute atomic E-state index is 13.5. The van der Waals surface area contributed by atoms with Crippen LogP contribution in [0.2, 0.25) is 0 Å². The fourth-order valence-electron chi connectivity index (χ4n) is 2.30. The molecule has 0 amide bonds. The topological polar surface area (TPSA) is 45.8 Å². The molecule has 1 heterocycles. The van der Waals surface area contributed by atoms with E-state index in [-0.39, 0.29) is 28.3 Å². The second-order valence-corrected chi connectivity index (χ2v) is 8.14. The van der Waals surface area contributed by atoms with Crippen molar-refractivity contribution in [3.05, 3.63) is 54.1 Å². The Morgan fingerprint density at radius 2 is 1.55 bits per heavy atom. The molecule has 0 unspecified atom stereocenters. The van der Waals surface area contributed by atoms with Gasteiger partial charge in [-0.05, 0) is 36.0 Å². The number of nitrogens with one attached hydrogen (secondary N) is 1. The van der Waals surface area contributed by atoms with Gasteiger partial charge in [0, 0.05) is 10.5 Å². The van der Waals surface area contributed by atoms with E-state index in [1.807, 2.05) is 12.1 Å². The number of halogens is 8. The summed E-state index contributed by atoms with van der Waals surface area (Å²) in [5, 5.41) is -4.92. The number of fused-ring (bicyclic) bond motifs is 1. The molecule has 0 radical (unpaired) electrons. The Hall–Kier alpha value is -1.73. The van der Waals surface area contributed by atoms with E-state index in [1.54, 1.807) is 12.1 Å². The normalized spacial score (nSPS) is 12.6. The lowest BCUT2D eigenvalue weighted by Crippen LogP contribution is -2.49. The van der Waals surface area contributed by atoms with Crippen LogP contribution in [-0.2, 0) is 0 Å². The Kier molecular flexibility index (Phi) is 7.75. The van der Waals surface area contributed by atoms with Crippen LogP contribution < -0.4 is 0 Å². The molecule has 168 valence electrons. The Labute approximate surface area is 190 Å². The van der Waals surface area contributed by atoms with Crippen molar-refractivity contribution in [3.8, 4) is 0 Å². The van der Waals surface area contributed by atoms with Crippen LogP contribution >= 0.6 is 40.5 Å². The lowest BCUT2D eigenvalue weighted by molar-refractivity contribution is -0.330. The van der Waals surface area contributed by atoms with E-state index in [0.29, 0.717) is 10.7 Å². The number of imidazole rings is 1. The van der Waals surface area contributed by atoms with Crippen LogP contribution in [0.5, 0.6) is 0 Å². The second kappa shape index (κ2) is 9.41. The van der Waals surface area contributed by atoms with Crippen LogP contribution in [0.4, 0.5) is 30.7 Å². The molecule has 1 N–H and O–H groups in total. The zero-order valence-corrected chi connectivity index (χ0v) is 18.4. The van der Waals surface area contributed by atoms with Crippen LogP contribution in [-0.4, -0.2) is 38.9 Å². The number of aromatic amines is 1. The van der Waals surface area contributed by atoms with E-state index in [2.05, 4.69) is 9.97 Å². The molecule has 0 saturated heterocycles. The zero-order valence-electron chi connectivity index (χ0n) is 15.1. The molecule has 13 heteroatoms. The molecular formula is C18H12BrF7N2OS2. The summed E-state index contributed by atoms with van der Waals surface area (Å²) >= 11 is 0.182. The number of alkyl halides is 7. The van der Waals surface area contributed by atoms with Crippen LogP contribution in [0.3, 0.4) is 0 Å². The van der Waals surface area contributed by atoms with E-state index in [1.165, 1.54) is 0 Å². The summed E-state index contributed by atoms with van der Waals surface area (Å²) in [4.78, 5) is 19.0. The summed E-state index contributed by atoms with van der Waals surface area (Å²) in [6.07, 6.45) is -6.40. The average Bonchev–Trinajstić information content (AvgIpc) is 3.08. The molecule has 3 aromatic rings. The molecule has 0 aliphatic heterocycles. The van der Waals surface area contributed by atoms with Gasteiger partial charge >= 0.3 is 17.4 Å². The van der Waals surface area contributed by atoms with Gasteiger partial charge < -0.3 is 4.98 Å². The highest BCUT2D eigenvalue weighted by Crippen LogP contribution is 2.53. The van der Waals surface area contributed by atoms with Crippen LogP contribution in [0.1, 0.15) is 10.4 Å². The first-order valence-corrected chi connectivity index (χ1v) is 9.93. The van der Waals surface area contributed by atoms with Gasteiger partial charge in [0.15, 0.2) is 10.9 Å². The minimum absolute atomic E-state index is 0. The zero-order chi connectivity index (χ0) is 22.2. The molecule has 0 bridgehead atoms. The van der Waals surface area contributed by atoms with Crippen molar-refractivity contribution in [1.29, 1.82) is 0 Å². The van der Waals surface area contributed by atoms with Gasteiger partial charge in [-0.3, -0.25) is 4.79 Å². The number of carbonyl (C=O) groups excluding carboxylic acids is 1. The van der Waals surface area contributed by atoms with Gasteiger partial charge in [-0.25, -0.2) is 4.98 Å². The highest BCUT2D eigenvalue weighted by molar-refractivity contribution is 8.93. The van der Waals surface area contributed by atoms with Crippen molar-refractivity contribution in [2.45, 2.75) is 27.4 Å². The summed E-state index contributed by atoms with van der Waals surface area (Å²) in [6.45, 7) is 0. The quantitative estimate of drug-likeness (QED) is 0.196.